The van der Waals surface area contributed by atoms with Crippen molar-refractivity contribution in [3.8, 4) is 0 Å². The van der Waals surface area contributed by atoms with Crippen LogP contribution < -0.4 is 5.32 Å². The number of nitrogens with one attached hydrogen (secondary N) is 1. The van der Waals surface area contributed by atoms with Gasteiger partial charge in [0.15, 0.2) is 5.96 Å². The van der Waals surface area contributed by atoms with Crippen molar-refractivity contribution < 1.29 is 4.21 Å². The van der Waals surface area contributed by atoms with Crippen molar-refractivity contribution in [2.24, 2.45) is 4.99 Å². The maximum Gasteiger partial charge on any atom is 0.193 e. The first-order valence-corrected chi connectivity index (χ1v) is 7.63. The van der Waals surface area contributed by atoms with E-state index in [2.05, 4.69) is 15.2 Å². The number of benzene rings is 1. The third-order valence-electron chi connectivity index (χ3n) is 2.84. The van der Waals surface area contributed by atoms with Crippen LogP contribution in [0.2, 0.25) is 0 Å². The summed E-state index contributed by atoms with van der Waals surface area (Å²) in [5.74, 6) is 2.21. The minimum Gasteiger partial charge on any atom is -0.355 e. The molecule has 0 amide bonds. The van der Waals surface area contributed by atoms with Crippen LogP contribution in [0.25, 0.3) is 0 Å². The molecular formula is C13H19N3OS. The van der Waals surface area contributed by atoms with Gasteiger partial charge in [-0.05, 0) is 5.56 Å². The second-order valence-corrected chi connectivity index (χ2v) is 5.90. The summed E-state index contributed by atoms with van der Waals surface area (Å²) in [4.78, 5) is 6.41. The van der Waals surface area contributed by atoms with E-state index in [-0.39, 0.29) is 0 Å². The lowest BCUT2D eigenvalue weighted by atomic mass is 10.2. The Morgan fingerprint density at radius 3 is 2.83 bits per heavy atom. The third-order valence-corrected chi connectivity index (χ3v) is 4.16. The highest BCUT2D eigenvalue weighted by Gasteiger charge is 2.11. The van der Waals surface area contributed by atoms with Gasteiger partial charge in [0.05, 0.1) is 6.54 Å². The number of guanidine groups is 1. The second-order valence-electron chi connectivity index (χ2n) is 4.33. The van der Waals surface area contributed by atoms with E-state index in [0.29, 0.717) is 18.1 Å². The molecule has 1 aliphatic heterocycles. The van der Waals surface area contributed by atoms with Gasteiger partial charge >= 0.3 is 0 Å². The molecule has 1 aromatic rings. The van der Waals surface area contributed by atoms with Crippen LogP contribution in [-0.2, 0) is 16.6 Å². The lowest BCUT2D eigenvalue weighted by Crippen LogP contribution is -2.37. The fourth-order valence-electron chi connectivity index (χ4n) is 1.83. The van der Waals surface area contributed by atoms with E-state index < -0.39 is 10.8 Å². The van der Waals surface area contributed by atoms with Crippen LogP contribution in [0.15, 0.2) is 35.3 Å². The van der Waals surface area contributed by atoms with Gasteiger partial charge in [-0.3, -0.25) is 9.20 Å². The molecule has 1 aromatic carbocycles. The molecule has 1 unspecified atom stereocenters. The van der Waals surface area contributed by atoms with E-state index in [4.69, 9.17) is 0 Å². The lowest BCUT2D eigenvalue weighted by molar-refractivity contribution is 0.536. The molecule has 0 fully saturated rings. The van der Waals surface area contributed by atoms with Crippen molar-refractivity contribution in [1.82, 2.24) is 10.2 Å². The van der Waals surface area contributed by atoms with Gasteiger partial charge in [-0.1, -0.05) is 30.3 Å². The van der Waals surface area contributed by atoms with E-state index in [1.807, 2.05) is 37.4 Å². The molecule has 0 aromatic heterocycles. The smallest absolute Gasteiger partial charge is 0.193 e. The normalized spacial score (nSPS) is 16.5. The zero-order valence-corrected chi connectivity index (χ0v) is 11.4. The summed E-state index contributed by atoms with van der Waals surface area (Å²) in [6, 6.07) is 9.96. The van der Waals surface area contributed by atoms with Crippen molar-refractivity contribution in [3.63, 3.8) is 0 Å². The number of nitrogens with zero attached hydrogens (tertiary/aromatic N) is 2. The molecule has 2 rings (SSSR count). The average molecular weight is 265 g/mol. The predicted octanol–water partition coefficient (Wildman–Crippen LogP) is 0.826. The fraction of sp³-hybridized carbons (Fsp3) is 0.462. The molecule has 0 spiro atoms. The van der Waals surface area contributed by atoms with E-state index >= 15 is 0 Å². The summed E-state index contributed by atoms with van der Waals surface area (Å²) in [6.45, 7) is 2.53. The quantitative estimate of drug-likeness (QED) is 0.857. The highest BCUT2D eigenvalue weighted by atomic mass is 32.2. The molecule has 18 heavy (non-hydrogen) atoms. The zero-order chi connectivity index (χ0) is 12.8. The highest BCUT2D eigenvalue weighted by Crippen LogP contribution is 2.02. The molecule has 0 bridgehead atoms. The Hall–Kier alpha value is -1.36. The summed E-state index contributed by atoms with van der Waals surface area (Å²) >= 11 is 0. The van der Waals surface area contributed by atoms with E-state index in [1.54, 1.807) is 0 Å². The molecule has 98 valence electrons. The number of hydrogen-bond donors (Lipinski definition) is 1. The SMILES string of the molecule is CN1CCN=C1NCCS(=O)Cc1ccccc1. The molecular weight excluding hydrogens is 246 g/mol. The van der Waals surface area contributed by atoms with Gasteiger partial charge in [0, 0.05) is 42.4 Å². The Labute approximate surface area is 111 Å². The Balaban J connectivity index is 1.69. The first-order chi connectivity index (χ1) is 8.75. The molecule has 1 atom stereocenters. The Kier molecular flexibility index (Phi) is 4.75. The molecule has 0 aliphatic carbocycles. The largest absolute Gasteiger partial charge is 0.355 e. The van der Waals surface area contributed by atoms with Crippen LogP contribution in [0.5, 0.6) is 0 Å². The zero-order valence-electron chi connectivity index (χ0n) is 10.6. The Bertz CT molecular complexity index is 433. The van der Waals surface area contributed by atoms with Gasteiger partial charge in [-0.2, -0.15) is 0 Å². The minimum atomic E-state index is -0.818. The average Bonchev–Trinajstić information content (AvgIpc) is 2.76. The van der Waals surface area contributed by atoms with E-state index in [0.717, 1.165) is 24.6 Å². The summed E-state index contributed by atoms with van der Waals surface area (Å²) in [5.41, 5.74) is 1.13. The van der Waals surface area contributed by atoms with Crippen LogP contribution >= 0.6 is 0 Å². The van der Waals surface area contributed by atoms with Crippen LogP contribution in [0, 0.1) is 0 Å². The number of hydrogen-bond acceptors (Lipinski definition) is 4. The lowest BCUT2D eigenvalue weighted by Gasteiger charge is -2.14. The molecule has 1 heterocycles. The highest BCUT2D eigenvalue weighted by molar-refractivity contribution is 7.84. The van der Waals surface area contributed by atoms with Crippen LogP contribution in [0.3, 0.4) is 0 Å². The molecule has 0 radical (unpaired) electrons. The summed E-state index contributed by atoms with van der Waals surface area (Å²) in [7, 11) is 1.20. The molecule has 0 saturated carbocycles. The van der Waals surface area contributed by atoms with Gasteiger partial charge in [-0.15, -0.1) is 0 Å². The van der Waals surface area contributed by atoms with Crippen molar-refractivity contribution in [1.29, 1.82) is 0 Å². The van der Waals surface area contributed by atoms with Crippen molar-refractivity contribution in [2.75, 3.05) is 32.4 Å². The van der Waals surface area contributed by atoms with E-state index in [1.165, 1.54) is 0 Å². The fourth-order valence-corrected chi connectivity index (χ4v) is 2.87. The van der Waals surface area contributed by atoms with Crippen LogP contribution in [-0.4, -0.2) is 47.5 Å². The minimum absolute atomic E-state index is 0.630. The van der Waals surface area contributed by atoms with Gasteiger partial charge in [0.25, 0.3) is 0 Å². The third kappa shape index (κ3) is 3.84. The summed E-state index contributed by atoms with van der Waals surface area (Å²) < 4.78 is 11.9. The topological polar surface area (TPSA) is 44.7 Å². The van der Waals surface area contributed by atoms with E-state index in [9.17, 15) is 4.21 Å². The molecule has 0 saturated heterocycles. The molecule has 1 aliphatic rings. The predicted molar refractivity (Wildman–Crippen MR) is 76.1 cm³/mol. The Morgan fingerprint density at radius 2 is 2.17 bits per heavy atom. The van der Waals surface area contributed by atoms with Gasteiger partial charge in [0.2, 0.25) is 0 Å². The standard InChI is InChI=1S/C13H19N3OS/c1-16-9-7-14-13(16)15-8-10-18(17)11-12-5-3-2-4-6-12/h2-6H,7-11H2,1H3,(H,14,15). The maximum absolute atomic E-state index is 11.9. The van der Waals surface area contributed by atoms with Gasteiger partial charge in [0.1, 0.15) is 0 Å². The number of aliphatic imine (C=N–C) groups is 1. The summed E-state index contributed by atoms with van der Waals surface area (Å²) in [6.07, 6.45) is 0. The van der Waals surface area contributed by atoms with Crippen LogP contribution in [0.1, 0.15) is 5.56 Å². The van der Waals surface area contributed by atoms with Gasteiger partial charge in [-0.25, -0.2) is 0 Å². The monoisotopic (exact) mass is 265 g/mol. The van der Waals surface area contributed by atoms with Crippen LogP contribution in [0.4, 0.5) is 0 Å². The first kappa shape index (κ1) is 13.1. The first-order valence-electron chi connectivity index (χ1n) is 6.14. The molecule has 5 heteroatoms. The molecule has 4 nitrogen and oxygen atoms in total. The maximum atomic E-state index is 11.9. The second kappa shape index (κ2) is 6.54. The van der Waals surface area contributed by atoms with Gasteiger partial charge < -0.3 is 10.2 Å². The number of likely N-dealkylation sites (N-methyl/N-ethyl adjacent to an activating group) is 1. The van der Waals surface area contributed by atoms with Crippen molar-refractivity contribution in [2.45, 2.75) is 5.75 Å². The van der Waals surface area contributed by atoms with Crippen molar-refractivity contribution >= 4 is 16.8 Å². The Morgan fingerprint density at radius 1 is 1.39 bits per heavy atom. The number of rotatable bonds is 5. The van der Waals surface area contributed by atoms with Crippen molar-refractivity contribution in [3.05, 3.63) is 35.9 Å². The summed E-state index contributed by atoms with van der Waals surface area (Å²) in [5, 5.41) is 3.23. The molecule has 1 N–H and O–H groups in total.